The van der Waals surface area contributed by atoms with E-state index < -0.39 is 17.8 Å². The molecule has 3 aromatic rings. The molecule has 0 unspecified atom stereocenters. The summed E-state index contributed by atoms with van der Waals surface area (Å²) in [7, 11) is 0. The number of aryl methyl sites for hydroxylation is 2. The van der Waals surface area contributed by atoms with Gasteiger partial charge in [0.15, 0.2) is 0 Å². The molecule has 1 fully saturated rings. The van der Waals surface area contributed by atoms with Crippen molar-refractivity contribution in [2.75, 3.05) is 4.90 Å². The number of carbonyl (C=O) groups excluding carboxylic acids is 3. The first kappa shape index (κ1) is 22.7. The van der Waals surface area contributed by atoms with Crippen LogP contribution in [0.4, 0.5) is 21.3 Å². The molecule has 0 radical (unpaired) electrons. The second kappa shape index (κ2) is 7.13. The smallest absolute Gasteiger partial charge is 0.285 e. The summed E-state index contributed by atoms with van der Waals surface area (Å²) < 4.78 is 0. The van der Waals surface area contributed by atoms with Crippen LogP contribution in [0.5, 0.6) is 0 Å². The van der Waals surface area contributed by atoms with Crippen LogP contribution in [0, 0.1) is 13.8 Å². The fourth-order valence-corrected chi connectivity index (χ4v) is 6.87. The number of imide groups is 2. The number of fused-ring (bicyclic) bond motifs is 4. The Morgan fingerprint density at radius 3 is 2.06 bits per heavy atom. The Bertz CT molecular complexity index is 1560. The van der Waals surface area contributed by atoms with Gasteiger partial charge in [0.1, 0.15) is 16.4 Å². The number of hydrogen-bond donors (Lipinski definition) is 2. The second-order valence-electron chi connectivity index (χ2n) is 10.8. The molecule has 4 amide bonds. The number of amides is 4. The van der Waals surface area contributed by atoms with Crippen LogP contribution in [0.2, 0.25) is 0 Å². The predicted octanol–water partition coefficient (Wildman–Crippen LogP) is 5.26. The fourth-order valence-electron chi connectivity index (χ4n) is 5.60. The summed E-state index contributed by atoms with van der Waals surface area (Å²) in [6.07, 6.45) is 3.46. The molecule has 36 heavy (non-hydrogen) atoms. The third-order valence-electron chi connectivity index (χ3n) is 7.55. The van der Waals surface area contributed by atoms with Gasteiger partial charge in [0.2, 0.25) is 0 Å². The zero-order valence-electron chi connectivity index (χ0n) is 21.0. The fraction of sp³-hybridized carbons (Fsp3) is 0.286. The lowest BCUT2D eigenvalue weighted by molar-refractivity contribution is -0.123. The van der Waals surface area contributed by atoms with Crippen molar-refractivity contribution in [1.29, 1.82) is 0 Å². The van der Waals surface area contributed by atoms with E-state index in [-0.39, 0.29) is 16.4 Å². The van der Waals surface area contributed by atoms with Gasteiger partial charge >= 0.3 is 6.03 Å². The quantitative estimate of drug-likeness (QED) is 0.353. The van der Waals surface area contributed by atoms with E-state index >= 15 is 0 Å². The van der Waals surface area contributed by atoms with E-state index in [0.717, 1.165) is 38.1 Å². The number of nitrogens with one attached hydrogen (secondary N) is 2. The van der Waals surface area contributed by atoms with Gasteiger partial charge < -0.3 is 0 Å². The lowest BCUT2D eigenvalue weighted by Crippen LogP contribution is -2.51. The monoisotopic (exact) mass is 498 g/mol. The summed E-state index contributed by atoms with van der Waals surface area (Å²) in [5.41, 5.74) is 7.57. The molecule has 0 atom stereocenters. The van der Waals surface area contributed by atoms with Gasteiger partial charge in [-0.1, -0.05) is 45.4 Å². The minimum absolute atomic E-state index is 0.0889. The molecule has 6 rings (SSSR count). The predicted molar refractivity (Wildman–Crippen MR) is 140 cm³/mol. The Morgan fingerprint density at radius 1 is 0.833 bits per heavy atom. The summed E-state index contributed by atoms with van der Waals surface area (Å²) in [5.74, 6) is -0.490. The minimum Gasteiger partial charge on any atom is -0.285 e. The maximum absolute atomic E-state index is 12.4. The van der Waals surface area contributed by atoms with Crippen molar-refractivity contribution < 1.29 is 14.4 Å². The molecule has 0 aliphatic carbocycles. The zero-order chi connectivity index (χ0) is 25.7. The maximum atomic E-state index is 12.4. The normalized spacial score (nSPS) is 18.7. The second-order valence-corrected chi connectivity index (χ2v) is 11.9. The van der Waals surface area contributed by atoms with Crippen LogP contribution >= 0.6 is 11.3 Å². The lowest BCUT2D eigenvalue weighted by atomic mass is 9.67. The number of thiophene rings is 1. The molecule has 0 spiro atoms. The Labute approximate surface area is 213 Å². The van der Waals surface area contributed by atoms with E-state index in [9.17, 15) is 14.4 Å². The van der Waals surface area contributed by atoms with E-state index in [1.807, 2.05) is 12.3 Å². The molecule has 0 saturated carbocycles. The van der Waals surface area contributed by atoms with Crippen molar-refractivity contribution >= 4 is 51.8 Å². The van der Waals surface area contributed by atoms with Crippen LogP contribution < -0.4 is 15.5 Å². The standard InChI is InChI=1S/C28H26N4O3S/c1-13-7-17-21-18(8-13)28(5,6)20-11-15(10-16-23(33)30-26(35)31-24(16)34)36-25(20)32(21)22-19(27(17,3)4)9-14(2)12-29-22/h7-12H,1-6H3,(H2,30,31,33,34,35). The first-order valence-electron chi connectivity index (χ1n) is 11.8. The van der Waals surface area contributed by atoms with Crippen LogP contribution in [0.25, 0.3) is 6.08 Å². The Kier molecular flexibility index (Phi) is 4.49. The molecule has 8 heteroatoms. The maximum Gasteiger partial charge on any atom is 0.328 e. The van der Waals surface area contributed by atoms with E-state index in [1.165, 1.54) is 28.0 Å². The third kappa shape index (κ3) is 2.97. The third-order valence-corrected chi connectivity index (χ3v) is 8.62. The number of hydrogen-bond acceptors (Lipinski definition) is 6. The largest absolute Gasteiger partial charge is 0.328 e. The summed E-state index contributed by atoms with van der Waals surface area (Å²) in [6, 6.07) is 8.00. The highest BCUT2D eigenvalue weighted by atomic mass is 32.1. The van der Waals surface area contributed by atoms with Gasteiger partial charge in [-0.2, -0.15) is 0 Å². The van der Waals surface area contributed by atoms with Gasteiger partial charge in [0.05, 0.1) is 5.69 Å². The van der Waals surface area contributed by atoms with Crippen LogP contribution in [-0.2, 0) is 20.4 Å². The summed E-state index contributed by atoms with van der Waals surface area (Å²) >= 11 is 1.51. The topological polar surface area (TPSA) is 91.4 Å². The molecule has 3 aliphatic rings. The molecule has 2 aromatic heterocycles. The van der Waals surface area contributed by atoms with E-state index in [2.05, 4.69) is 75.3 Å². The van der Waals surface area contributed by atoms with Gasteiger partial charge in [0, 0.05) is 27.5 Å². The van der Waals surface area contributed by atoms with Gasteiger partial charge in [-0.25, -0.2) is 9.78 Å². The van der Waals surface area contributed by atoms with Crippen molar-refractivity contribution in [3.05, 3.63) is 74.3 Å². The molecule has 2 N–H and O–H groups in total. The SMILES string of the molecule is Cc1cnc2c(c1)C(C)(C)c1cc(C)cc3c1N2c1sc(C=C2C(=O)NC(=O)NC2=O)cc1C3(C)C. The number of aromatic nitrogens is 1. The highest BCUT2D eigenvalue weighted by Crippen LogP contribution is 2.61. The summed E-state index contributed by atoms with van der Waals surface area (Å²) in [4.78, 5) is 44.2. The molecule has 1 saturated heterocycles. The van der Waals surface area contributed by atoms with Crippen molar-refractivity contribution in [2.45, 2.75) is 52.4 Å². The number of pyridine rings is 1. The van der Waals surface area contributed by atoms with Crippen LogP contribution in [0.3, 0.4) is 0 Å². The van der Waals surface area contributed by atoms with Crippen molar-refractivity contribution in [2.24, 2.45) is 0 Å². The summed E-state index contributed by atoms with van der Waals surface area (Å²) in [5, 5.41) is 5.32. The molecule has 182 valence electrons. The average Bonchev–Trinajstić information content (AvgIpc) is 3.21. The first-order valence-corrected chi connectivity index (χ1v) is 12.7. The number of nitrogens with zero attached hydrogens (tertiary/aromatic N) is 2. The molecule has 1 aromatic carbocycles. The molecule has 0 bridgehead atoms. The number of urea groups is 1. The minimum atomic E-state index is -0.805. The molecule has 7 nitrogen and oxygen atoms in total. The van der Waals surface area contributed by atoms with Gasteiger partial charge in [-0.15, -0.1) is 11.3 Å². The number of benzene rings is 1. The van der Waals surface area contributed by atoms with Gasteiger partial charge in [-0.05, 0) is 54.3 Å². The Morgan fingerprint density at radius 2 is 1.42 bits per heavy atom. The van der Waals surface area contributed by atoms with Gasteiger partial charge in [-0.3, -0.25) is 25.1 Å². The van der Waals surface area contributed by atoms with E-state index in [4.69, 9.17) is 4.98 Å². The van der Waals surface area contributed by atoms with E-state index in [1.54, 1.807) is 6.08 Å². The van der Waals surface area contributed by atoms with Gasteiger partial charge in [0.25, 0.3) is 11.8 Å². The Hall–Kier alpha value is -3.78. The van der Waals surface area contributed by atoms with Crippen LogP contribution in [0.1, 0.15) is 66.0 Å². The number of rotatable bonds is 1. The van der Waals surface area contributed by atoms with Crippen molar-refractivity contribution in [3.8, 4) is 0 Å². The van der Waals surface area contributed by atoms with E-state index in [0.29, 0.717) is 0 Å². The first-order chi connectivity index (χ1) is 16.9. The lowest BCUT2D eigenvalue weighted by Gasteiger charge is -2.47. The van der Waals surface area contributed by atoms with Crippen LogP contribution in [-0.4, -0.2) is 22.8 Å². The highest BCUT2D eigenvalue weighted by Gasteiger charge is 2.47. The molecular formula is C28H26N4O3S. The molecule has 3 aliphatic heterocycles. The number of carbonyl (C=O) groups is 3. The average molecular weight is 499 g/mol. The zero-order valence-corrected chi connectivity index (χ0v) is 21.8. The van der Waals surface area contributed by atoms with Crippen molar-refractivity contribution in [3.63, 3.8) is 0 Å². The summed E-state index contributed by atoms with van der Waals surface area (Å²) in [6.45, 7) is 13.1. The Balaban J connectivity index is 1.62. The number of anilines is 3. The molecule has 5 heterocycles. The van der Waals surface area contributed by atoms with Crippen LogP contribution in [0.15, 0.2) is 36.0 Å². The number of barbiturate groups is 1. The highest BCUT2D eigenvalue weighted by molar-refractivity contribution is 7.17. The van der Waals surface area contributed by atoms with Crippen molar-refractivity contribution in [1.82, 2.24) is 15.6 Å². The molecular weight excluding hydrogens is 472 g/mol.